The Labute approximate surface area is 147 Å². The lowest BCUT2D eigenvalue weighted by Crippen LogP contribution is -2.35. The van der Waals surface area contributed by atoms with Gasteiger partial charge in [0.2, 0.25) is 5.91 Å². The molecule has 2 rings (SSSR count). The highest BCUT2D eigenvalue weighted by atomic mass is 32.2. The van der Waals surface area contributed by atoms with Crippen LogP contribution in [0.4, 0.5) is 5.69 Å². The molecule has 1 atom stereocenters. The maximum absolute atomic E-state index is 11.9. The standard InChI is InChI=1S/C18H22N2O4S/c1-3-4-17(19)18(21)20-13-5-7-14(8-6-13)24-15-9-11-16(12-10-15)25(2,22)23/h5-12,17H,3-4,19H2,1-2H3,(H,20,21). The Bertz CT molecular complexity index is 815. The van der Waals surface area contributed by atoms with Crippen molar-refractivity contribution in [3.05, 3.63) is 48.5 Å². The van der Waals surface area contributed by atoms with Gasteiger partial charge in [-0.2, -0.15) is 0 Å². The number of hydrogen-bond donors (Lipinski definition) is 2. The second-order valence-electron chi connectivity index (χ2n) is 5.75. The molecule has 2 aromatic carbocycles. The molecule has 0 radical (unpaired) electrons. The SMILES string of the molecule is CCCC(N)C(=O)Nc1ccc(Oc2ccc(S(C)(=O)=O)cc2)cc1. The van der Waals surface area contributed by atoms with E-state index < -0.39 is 15.9 Å². The van der Waals surface area contributed by atoms with Gasteiger partial charge in [-0.3, -0.25) is 4.79 Å². The lowest BCUT2D eigenvalue weighted by atomic mass is 10.1. The molecule has 25 heavy (non-hydrogen) atoms. The third-order valence-electron chi connectivity index (χ3n) is 3.55. The number of sulfone groups is 1. The van der Waals surface area contributed by atoms with E-state index in [0.717, 1.165) is 12.7 Å². The normalized spacial score (nSPS) is 12.4. The summed E-state index contributed by atoms with van der Waals surface area (Å²) < 4.78 is 28.5. The lowest BCUT2D eigenvalue weighted by Gasteiger charge is -2.12. The number of nitrogens with two attached hydrogens (primary N) is 1. The summed E-state index contributed by atoms with van der Waals surface area (Å²) in [6.07, 6.45) is 2.64. The molecule has 0 aliphatic heterocycles. The highest BCUT2D eigenvalue weighted by Crippen LogP contribution is 2.24. The minimum atomic E-state index is -3.23. The fourth-order valence-electron chi connectivity index (χ4n) is 2.17. The van der Waals surface area contributed by atoms with E-state index in [1.807, 2.05) is 6.92 Å². The molecule has 0 aromatic heterocycles. The van der Waals surface area contributed by atoms with Gasteiger partial charge in [-0.25, -0.2) is 8.42 Å². The minimum absolute atomic E-state index is 0.216. The van der Waals surface area contributed by atoms with Crippen molar-refractivity contribution in [3.63, 3.8) is 0 Å². The summed E-state index contributed by atoms with van der Waals surface area (Å²) in [5.74, 6) is 0.879. The van der Waals surface area contributed by atoms with Crippen molar-refractivity contribution in [1.29, 1.82) is 0 Å². The first-order valence-electron chi connectivity index (χ1n) is 7.94. The Kier molecular flexibility index (Phi) is 6.17. The van der Waals surface area contributed by atoms with Crippen molar-refractivity contribution < 1.29 is 17.9 Å². The largest absolute Gasteiger partial charge is 0.457 e. The maximum Gasteiger partial charge on any atom is 0.241 e. The monoisotopic (exact) mass is 362 g/mol. The molecule has 0 aliphatic carbocycles. The van der Waals surface area contributed by atoms with E-state index >= 15 is 0 Å². The van der Waals surface area contributed by atoms with Crippen molar-refractivity contribution in [1.82, 2.24) is 0 Å². The van der Waals surface area contributed by atoms with Crippen molar-refractivity contribution in [2.24, 2.45) is 5.73 Å². The van der Waals surface area contributed by atoms with Gasteiger partial charge in [-0.15, -0.1) is 0 Å². The Morgan fingerprint density at radius 1 is 1.08 bits per heavy atom. The average molecular weight is 362 g/mol. The molecule has 0 heterocycles. The van der Waals surface area contributed by atoms with Gasteiger partial charge >= 0.3 is 0 Å². The molecular formula is C18H22N2O4S. The van der Waals surface area contributed by atoms with Crippen molar-refractivity contribution >= 4 is 21.4 Å². The summed E-state index contributed by atoms with van der Waals surface area (Å²) in [6, 6.07) is 12.5. The van der Waals surface area contributed by atoms with Gasteiger partial charge in [-0.05, 0) is 55.0 Å². The Morgan fingerprint density at radius 3 is 2.08 bits per heavy atom. The number of carbonyl (C=O) groups excluding carboxylic acids is 1. The lowest BCUT2D eigenvalue weighted by molar-refractivity contribution is -0.117. The third kappa shape index (κ3) is 5.58. The predicted molar refractivity (Wildman–Crippen MR) is 97.6 cm³/mol. The van der Waals surface area contributed by atoms with Gasteiger partial charge in [0, 0.05) is 11.9 Å². The topological polar surface area (TPSA) is 98.5 Å². The van der Waals surface area contributed by atoms with Gasteiger partial charge in [0.25, 0.3) is 0 Å². The third-order valence-corrected chi connectivity index (χ3v) is 4.67. The molecule has 0 fully saturated rings. The number of carbonyl (C=O) groups is 1. The number of anilines is 1. The molecule has 7 heteroatoms. The van der Waals surface area contributed by atoms with E-state index in [1.165, 1.54) is 12.1 Å². The predicted octanol–water partition coefficient (Wildman–Crippen LogP) is 2.95. The van der Waals surface area contributed by atoms with Crippen LogP contribution in [0, 0.1) is 0 Å². The molecule has 2 aromatic rings. The first-order chi connectivity index (χ1) is 11.8. The fourth-order valence-corrected chi connectivity index (χ4v) is 2.80. The molecule has 3 N–H and O–H groups in total. The highest BCUT2D eigenvalue weighted by Gasteiger charge is 2.12. The van der Waals surface area contributed by atoms with Crippen LogP contribution in [0.3, 0.4) is 0 Å². The molecule has 0 aliphatic rings. The second kappa shape index (κ2) is 8.13. The Balaban J connectivity index is 1.99. The van der Waals surface area contributed by atoms with Crippen LogP contribution in [0.15, 0.2) is 53.4 Å². The Hall–Kier alpha value is -2.38. The highest BCUT2D eigenvalue weighted by molar-refractivity contribution is 7.90. The fraction of sp³-hybridized carbons (Fsp3) is 0.278. The van der Waals surface area contributed by atoms with Crippen molar-refractivity contribution in [2.75, 3.05) is 11.6 Å². The van der Waals surface area contributed by atoms with E-state index in [0.29, 0.717) is 23.6 Å². The zero-order valence-corrected chi connectivity index (χ0v) is 15.0. The molecule has 6 nitrogen and oxygen atoms in total. The van der Waals surface area contributed by atoms with Gasteiger partial charge in [-0.1, -0.05) is 13.3 Å². The van der Waals surface area contributed by atoms with E-state index in [2.05, 4.69) is 5.32 Å². The zero-order valence-electron chi connectivity index (χ0n) is 14.2. The molecule has 134 valence electrons. The van der Waals surface area contributed by atoms with E-state index in [1.54, 1.807) is 36.4 Å². The maximum atomic E-state index is 11.9. The number of hydrogen-bond acceptors (Lipinski definition) is 5. The number of rotatable bonds is 7. The smallest absolute Gasteiger partial charge is 0.241 e. The van der Waals surface area contributed by atoms with Gasteiger partial charge in [0.1, 0.15) is 11.5 Å². The van der Waals surface area contributed by atoms with Gasteiger partial charge in [0.05, 0.1) is 10.9 Å². The average Bonchev–Trinajstić information content (AvgIpc) is 2.56. The first kappa shape index (κ1) is 19.0. The second-order valence-corrected chi connectivity index (χ2v) is 7.77. The zero-order chi connectivity index (χ0) is 18.4. The summed E-state index contributed by atoms with van der Waals surface area (Å²) in [5.41, 5.74) is 6.41. The van der Waals surface area contributed by atoms with Crippen LogP contribution in [0.25, 0.3) is 0 Å². The minimum Gasteiger partial charge on any atom is -0.457 e. The van der Waals surface area contributed by atoms with Crippen molar-refractivity contribution in [2.45, 2.75) is 30.7 Å². The van der Waals surface area contributed by atoms with E-state index in [9.17, 15) is 13.2 Å². The Morgan fingerprint density at radius 2 is 1.60 bits per heavy atom. The van der Waals surface area contributed by atoms with Crippen LogP contribution in [-0.4, -0.2) is 26.6 Å². The molecule has 0 spiro atoms. The van der Waals surface area contributed by atoms with E-state index in [-0.39, 0.29) is 10.8 Å². The number of nitrogens with one attached hydrogen (secondary N) is 1. The first-order valence-corrected chi connectivity index (χ1v) is 9.83. The molecular weight excluding hydrogens is 340 g/mol. The van der Waals surface area contributed by atoms with Crippen LogP contribution in [0.2, 0.25) is 0 Å². The molecule has 0 saturated carbocycles. The molecule has 0 bridgehead atoms. The van der Waals surface area contributed by atoms with Crippen LogP contribution in [0.1, 0.15) is 19.8 Å². The van der Waals surface area contributed by atoms with Crippen LogP contribution < -0.4 is 15.8 Å². The summed E-state index contributed by atoms with van der Waals surface area (Å²) in [7, 11) is -3.23. The van der Waals surface area contributed by atoms with Gasteiger partial charge in [0.15, 0.2) is 9.84 Å². The van der Waals surface area contributed by atoms with Gasteiger partial charge < -0.3 is 15.8 Å². The van der Waals surface area contributed by atoms with Crippen molar-refractivity contribution in [3.8, 4) is 11.5 Å². The summed E-state index contributed by atoms with van der Waals surface area (Å²) >= 11 is 0. The number of benzene rings is 2. The quantitative estimate of drug-likeness (QED) is 0.789. The molecule has 0 saturated heterocycles. The number of amides is 1. The van der Waals surface area contributed by atoms with Crippen LogP contribution >= 0.6 is 0 Å². The van der Waals surface area contributed by atoms with E-state index in [4.69, 9.17) is 10.5 Å². The number of ether oxygens (including phenoxy) is 1. The summed E-state index contributed by atoms with van der Waals surface area (Å²) in [4.78, 5) is 12.1. The summed E-state index contributed by atoms with van der Waals surface area (Å²) in [5, 5.41) is 2.76. The van der Waals surface area contributed by atoms with Crippen LogP contribution in [0.5, 0.6) is 11.5 Å². The molecule has 1 amide bonds. The molecule has 1 unspecified atom stereocenters. The van der Waals surface area contributed by atoms with Crippen LogP contribution in [-0.2, 0) is 14.6 Å². The summed E-state index contributed by atoms with van der Waals surface area (Å²) in [6.45, 7) is 1.97.